The third-order valence-corrected chi connectivity index (χ3v) is 6.56. The average Bonchev–Trinajstić information content (AvgIpc) is 3.19. The van der Waals surface area contributed by atoms with Gasteiger partial charge in [-0.1, -0.05) is 6.07 Å². The quantitative estimate of drug-likeness (QED) is 0.429. The van der Waals surface area contributed by atoms with Crippen molar-refractivity contribution >= 4 is 17.4 Å². The topological polar surface area (TPSA) is 97.3 Å². The zero-order valence-electron chi connectivity index (χ0n) is 19.6. The van der Waals surface area contributed by atoms with Gasteiger partial charge in [0, 0.05) is 44.5 Å². The number of hydrogen-bond donors (Lipinski definition) is 4. The first-order chi connectivity index (χ1) is 17.6. The van der Waals surface area contributed by atoms with Crippen LogP contribution in [0, 0.1) is 11.6 Å². The van der Waals surface area contributed by atoms with E-state index in [2.05, 4.69) is 10.6 Å². The fourth-order valence-corrected chi connectivity index (χ4v) is 4.70. The molecule has 2 fully saturated rings. The number of aliphatic hydroxyl groups is 2. The Morgan fingerprint density at radius 2 is 1.78 bits per heavy atom. The Morgan fingerprint density at radius 1 is 1.05 bits per heavy atom. The van der Waals surface area contributed by atoms with Gasteiger partial charge in [0.05, 0.1) is 30.0 Å². The van der Waals surface area contributed by atoms with E-state index in [0.717, 1.165) is 24.3 Å². The average molecular weight is 530 g/mol. The molecule has 4 rings (SSSR count). The van der Waals surface area contributed by atoms with E-state index in [0.29, 0.717) is 37.9 Å². The van der Waals surface area contributed by atoms with Crippen molar-refractivity contribution in [3.05, 3.63) is 59.7 Å². The van der Waals surface area contributed by atoms with Crippen molar-refractivity contribution in [1.29, 1.82) is 0 Å². The second-order valence-electron chi connectivity index (χ2n) is 8.91. The Hall–Kier alpha value is -3.00. The molecule has 2 saturated heterocycles. The lowest BCUT2D eigenvalue weighted by Crippen LogP contribution is -2.57. The second kappa shape index (κ2) is 11.2. The van der Waals surface area contributed by atoms with Crippen LogP contribution < -0.4 is 15.5 Å². The van der Waals surface area contributed by atoms with Gasteiger partial charge in [-0.05, 0) is 30.3 Å². The summed E-state index contributed by atoms with van der Waals surface area (Å²) in [5, 5.41) is 25.2. The summed E-state index contributed by atoms with van der Waals surface area (Å²) in [4.78, 5) is 16.0. The summed E-state index contributed by atoms with van der Waals surface area (Å²) >= 11 is 0. The molecule has 13 heteroatoms. The van der Waals surface area contributed by atoms with E-state index >= 15 is 0 Å². The molecular weight excluding hydrogens is 503 g/mol. The summed E-state index contributed by atoms with van der Waals surface area (Å²) in [6.45, 7) is 1.02. The predicted molar refractivity (Wildman–Crippen MR) is 124 cm³/mol. The fourth-order valence-electron chi connectivity index (χ4n) is 4.70. The van der Waals surface area contributed by atoms with Gasteiger partial charge in [-0.3, -0.25) is 4.90 Å². The van der Waals surface area contributed by atoms with Crippen LogP contribution in [0.25, 0.3) is 0 Å². The van der Waals surface area contributed by atoms with E-state index in [1.165, 1.54) is 6.07 Å². The number of urea groups is 1. The van der Waals surface area contributed by atoms with Crippen molar-refractivity contribution in [3.63, 3.8) is 0 Å². The molecule has 37 heavy (non-hydrogen) atoms. The summed E-state index contributed by atoms with van der Waals surface area (Å²) in [6.07, 6.45) is -7.14. The molecule has 0 bridgehead atoms. The molecule has 2 heterocycles. The number of amides is 2. The molecule has 4 N–H and O–H groups in total. The lowest BCUT2D eigenvalue weighted by atomic mass is 10.0. The smallest absolute Gasteiger partial charge is 0.394 e. The summed E-state index contributed by atoms with van der Waals surface area (Å²) in [5.74, 6) is -1.73. The van der Waals surface area contributed by atoms with Gasteiger partial charge in [-0.2, -0.15) is 13.2 Å². The predicted octanol–water partition coefficient (Wildman–Crippen LogP) is 2.42. The maximum Gasteiger partial charge on any atom is 0.416 e. The summed E-state index contributed by atoms with van der Waals surface area (Å²) < 4.78 is 71.9. The number of carbonyl (C=O) groups is 1. The number of nitrogens with one attached hydrogen (secondary N) is 2. The molecule has 0 saturated carbocycles. The van der Waals surface area contributed by atoms with Gasteiger partial charge in [0.2, 0.25) is 0 Å². The Balaban J connectivity index is 1.37. The number of carbonyl (C=O) groups excluding carboxylic acids is 1. The number of anilines is 2. The number of benzene rings is 2. The van der Waals surface area contributed by atoms with Crippen LogP contribution in [0.4, 0.5) is 38.1 Å². The Bertz CT molecular complexity index is 1100. The number of rotatable bonds is 6. The van der Waals surface area contributed by atoms with Gasteiger partial charge < -0.3 is 30.5 Å². The third-order valence-electron chi connectivity index (χ3n) is 6.56. The number of halogens is 5. The van der Waals surface area contributed by atoms with E-state index in [9.17, 15) is 37.0 Å². The molecule has 0 aromatic heterocycles. The normalized spacial score (nSPS) is 24.8. The maximum absolute atomic E-state index is 13.8. The number of hydrogen-bond acceptors (Lipinski definition) is 6. The van der Waals surface area contributed by atoms with Crippen LogP contribution >= 0.6 is 0 Å². The largest absolute Gasteiger partial charge is 0.416 e. The Kier molecular flexibility index (Phi) is 8.17. The summed E-state index contributed by atoms with van der Waals surface area (Å²) in [7, 11) is 0. The molecule has 2 aliphatic heterocycles. The van der Waals surface area contributed by atoms with Crippen molar-refractivity contribution in [2.45, 2.75) is 30.5 Å². The first-order valence-corrected chi connectivity index (χ1v) is 11.7. The molecule has 0 aliphatic carbocycles. The van der Waals surface area contributed by atoms with Crippen molar-refractivity contribution in [2.75, 3.05) is 49.5 Å². The van der Waals surface area contributed by atoms with E-state index in [-0.39, 0.29) is 12.2 Å². The summed E-state index contributed by atoms with van der Waals surface area (Å²) in [5.41, 5.74) is -0.515. The van der Waals surface area contributed by atoms with Crippen LogP contribution in [0.3, 0.4) is 0 Å². The highest BCUT2D eigenvalue weighted by Gasteiger charge is 2.46. The van der Waals surface area contributed by atoms with Crippen molar-refractivity contribution in [1.82, 2.24) is 10.2 Å². The number of ether oxygens (including phenoxy) is 1. The Morgan fingerprint density at radius 3 is 2.43 bits per heavy atom. The van der Waals surface area contributed by atoms with E-state index in [1.807, 2.05) is 9.80 Å². The van der Waals surface area contributed by atoms with Crippen molar-refractivity contribution in [3.8, 4) is 0 Å². The van der Waals surface area contributed by atoms with Crippen molar-refractivity contribution in [2.24, 2.45) is 0 Å². The van der Waals surface area contributed by atoms with Crippen LogP contribution in [-0.4, -0.2) is 84.8 Å². The molecular formula is C24H27F5N4O4. The molecule has 2 aromatic rings. The molecule has 2 amide bonds. The zero-order chi connectivity index (χ0) is 26.7. The first-order valence-electron chi connectivity index (χ1n) is 11.7. The zero-order valence-corrected chi connectivity index (χ0v) is 19.6. The number of nitrogens with zero attached hydrogens (tertiary/aromatic N) is 2. The van der Waals surface area contributed by atoms with E-state index < -0.39 is 60.4 Å². The van der Waals surface area contributed by atoms with Crippen LogP contribution in [0.15, 0.2) is 42.5 Å². The SMILES string of the molecule is O=C(NC[C@H]1O[C@@H](CO)[C@@H](O)[C@H]1N1CCN(c2cccc(C(F)(F)F)c2)CC1)Nc1ccc(F)cc1F. The molecule has 202 valence electrons. The molecule has 0 unspecified atom stereocenters. The molecule has 0 radical (unpaired) electrons. The molecule has 2 aliphatic rings. The van der Waals surface area contributed by atoms with E-state index in [4.69, 9.17) is 4.74 Å². The highest BCUT2D eigenvalue weighted by Crippen LogP contribution is 2.32. The van der Waals surface area contributed by atoms with Crippen molar-refractivity contribution < 1.29 is 41.7 Å². The van der Waals surface area contributed by atoms with Crippen LogP contribution in [0.2, 0.25) is 0 Å². The standard InChI is InChI=1S/C24H27F5N4O4/c25-15-4-5-18(17(26)11-15)31-23(36)30-12-19-21(22(35)20(13-34)37-19)33-8-6-32(7-9-33)16-3-1-2-14(10-16)24(27,28)29/h1-5,10-11,19-22,34-35H,6-9,12-13H2,(H2,30,31,36)/t19-,20+,21+,22-/m1/s1. The molecule has 0 spiro atoms. The minimum Gasteiger partial charge on any atom is -0.394 e. The second-order valence-corrected chi connectivity index (χ2v) is 8.91. The Labute approximate surface area is 209 Å². The maximum atomic E-state index is 13.8. The monoisotopic (exact) mass is 530 g/mol. The van der Waals surface area contributed by atoms with E-state index in [1.54, 1.807) is 6.07 Å². The van der Waals surface area contributed by atoms with Gasteiger partial charge in [-0.15, -0.1) is 0 Å². The van der Waals surface area contributed by atoms with Gasteiger partial charge in [0.25, 0.3) is 0 Å². The van der Waals surface area contributed by atoms with Gasteiger partial charge in [0.1, 0.15) is 23.8 Å². The molecule has 2 aromatic carbocycles. The first kappa shape index (κ1) is 27.0. The summed E-state index contributed by atoms with van der Waals surface area (Å²) in [6, 6.07) is 6.40. The van der Waals surface area contributed by atoms with Crippen LogP contribution in [-0.2, 0) is 10.9 Å². The van der Waals surface area contributed by atoms with Crippen LogP contribution in [0.1, 0.15) is 5.56 Å². The lowest BCUT2D eigenvalue weighted by Gasteiger charge is -2.41. The number of piperazine rings is 1. The van der Waals surface area contributed by atoms with Gasteiger partial charge >= 0.3 is 12.2 Å². The van der Waals surface area contributed by atoms with Gasteiger partial charge in [0.15, 0.2) is 0 Å². The number of alkyl halides is 3. The highest BCUT2D eigenvalue weighted by atomic mass is 19.4. The minimum atomic E-state index is -4.45. The van der Waals surface area contributed by atoms with Crippen LogP contribution in [0.5, 0.6) is 0 Å². The fraction of sp³-hybridized carbons (Fsp3) is 0.458. The molecule has 8 nitrogen and oxygen atoms in total. The lowest BCUT2D eigenvalue weighted by molar-refractivity contribution is -0.137. The number of aliphatic hydroxyl groups excluding tert-OH is 2. The van der Waals surface area contributed by atoms with Gasteiger partial charge in [-0.25, -0.2) is 13.6 Å². The highest BCUT2D eigenvalue weighted by molar-refractivity contribution is 5.89. The molecule has 4 atom stereocenters. The minimum absolute atomic E-state index is 0.0826. The third kappa shape index (κ3) is 6.29.